The van der Waals surface area contributed by atoms with E-state index >= 15 is 0 Å². The van der Waals surface area contributed by atoms with Gasteiger partial charge in [0.2, 0.25) is 0 Å². The van der Waals surface area contributed by atoms with E-state index in [1.54, 1.807) is 0 Å². The first-order valence-corrected chi connectivity index (χ1v) is 5.17. The molecule has 0 rings (SSSR count). The summed E-state index contributed by atoms with van der Waals surface area (Å²) in [4.78, 5) is 0. The van der Waals surface area contributed by atoms with Gasteiger partial charge in [0.15, 0.2) is 0 Å². The molecule has 0 spiro atoms. The highest BCUT2D eigenvalue weighted by Crippen LogP contribution is 2.28. The Balaban J connectivity index is 4.85. The van der Waals surface area contributed by atoms with Crippen molar-refractivity contribution in [2.45, 2.75) is 31.9 Å². The molecule has 0 saturated carbocycles. The zero-order valence-corrected chi connectivity index (χ0v) is 8.57. The summed E-state index contributed by atoms with van der Waals surface area (Å²) < 4.78 is 83.7. The van der Waals surface area contributed by atoms with Gasteiger partial charge in [-0.1, -0.05) is 13.8 Å². The Hall–Kier alpha value is -0.440. The fourth-order valence-electron chi connectivity index (χ4n) is 0.645. The molecule has 0 aromatic rings. The molecule has 0 aliphatic carbocycles. The van der Waals surface area contributed by atoms with Crippen molar-refractivity contribution in [1.82, 2.24) is 0 Å². The Labute approximate surface area is 83.3 Å². The largest absolute Gasteiger partial charge is 0.523 e. The van der Waals surface area contributed by atoms with Crippen molar-refractivity contribution in [3.8, 4) is 0 Å². The summed E-state index contributed by atoms with van der Waals surface area (Å²) >= 11 is 0. The van der Waals surface area contributed by atoms with Crippen LogP contribution >= 0.6 is 0 Å². The van der Waals surface area contributed by atoms with E-state index in [4.69, 9.17) is 0 Å². The molecule has 9 heteroatoms. The topological polar surface area (TPSA) is 43.4 Å². The average Bonchev–Trinajstić information content (AvgIpc) is 1.96. The lowest BCUT2D eigenvalue weighted by molar-refractivity contribution is -0.0718. The van der Waals surface area contributed by atoms with Crippen LogP contribution < -0.4 is 0 Å². The summed E-state index contributed by atoms with van der Waals surface area (Å²) in [5.74, 6) is -1.05. The highest BCUT2D eigenvalue weighted by atomic mass is 32.2. The Morgan fingerprint density at radius 3 is 1.73 bits per heavy atom. The number of halogens is 5. The molecular weight excluding hydrogens is 247 g/mol. The van der Waals surface area contributed by atoms with Crippen LogP contribution in [0.2, 0.25) is 0 Å². The molecule has 0 aromatic heterocycles. The minimum absolute atomic E-state index is 1.05. The van der Waals surface area contributed by atoms with Gasteiger partial charge in [-0.3, -0.25) is 4.18 Å². The first-order chi connectivity index (χ1) is 6.49. The predicted molar refractivity (Wildman–Crippen MR) is 40.7 cm³/mol. The molecule has 0 saturated heterocycles. The second kappa shape index (κ2) is 4.60. The van der Waals surface area contributed by atoms with Gasteiger partial charge in [-0.05, 0) is 5.92 Å². The average molecular weight is 256 g/mol. The molecule has 1 atom stereocenters. The van der Waals surface area contributed by atoms with Crippen molar-refractivity contribution in [3.05, 3.63) is 0 Å². The van der Waals surface area contributed by atoms with Gasteiger partial charge in [0.25, 0.3) is 6.43 Å². The maximum Gasteiger partial charge on any atom is 0.523 e. The van der Waals surface area contributed by atoms with Crippen LogP contribution in [0.5, 0.6) is 0 Å². The lowest BCUT2D eigenvalue weighted by Gasteiger charge is -2.20. The van der Waals surface area contributed by atoms with Crippen LogP contribution in [-0.4, -0.2) is 26.5 Å². The maximum absolute atomic E-state index is 12.1. The van der Waals surface area contributed by atoms with E-state index in [0.717, 1.165) is 13.8 Å². The monoisotopic (exact) mass is 256 g/mol. The van der Waals surface area contributed by atoms with Gasteiger partial charge < -0.3 is 0 Å². The van der Waals surface area contributed by atoms with Gasteiger partial charge >= 0.3 is 15.6 Å². The summed E-state index contributed by atoms with van der Waals surface area (Å²) in [5.41, 5.74) is -5.69. The summed E-state index contributed by atoms with van der Waals surface area (Å²) in [6, 6.07) is 0. The van der Waals surface area contributed by atoms with Crippen molar-refractivity contribution in [1.29, 1.82) is 0 Å². The molecule has 1 unspecified atom stereocenters. The zero-order chi connectivity index (χ0) is 12.4. The van der Waals surface area contributed by atoms with Crippen LogP contribution in [-0.2, 0) is 14.3 Å². The molecule has 15 heavy (non-hydrogen) atoms. The SMILES string of the molecule is CC(C)C(OS(=O)(=O)C(F)(F)F)C(F)F. The van der Waals surface area contributed by atoms with E-state index < -0.39 is 34.1 Å². The van der Waals surface area contributed by atoms with E-state index in [9.17, 15) is 30.4 Å². The van der Waals surface area contributed by atoms with Gasteiger partial charge in [0.05, 0.1) is 0 Å². The van der Waals surface area contributed by atoms with Crippen molar-refractivity contribution in [2.24, 2.45) is 5.92 Å². The second-order valence-corrected chi connectivity index (χ2v) is 4.60. The third-order valence-electron chi connectivity index (χ3n) is 1.43. The Morgan fingerprint density at radius 2 is 1.53 bits per heavy atom. The van der Waals surface area contributed by atoms with Crippen molar-refractivity contribution in [3.63, 3.8) is 0 Å². The molecule has 0 amide bonds. The second-order valence-electron chi connectivity index (χ2n) is 3.04. The molecule has 0 heterocycles. The lowest BCUT2D eigenvalue weighted by atomic mass is 10.1. The van der Waals surface area contributed by atoms with Gasteiger partial charge in [-0.2, -0.15) is 21.6 Å². The summed E-state index contributed by atoms with van der Waals surface area (Å²) in [7, 11) is -5.97. The Bertz CT molecular complexity index is 286. The van der Waals surface area contributed by atoms with Crippen molar-refractivity contribution in [2.75, 3.05) is 0 Å². The molecule has 3 nitrogen and oxygen atoms in total. The van der Waals surface area contributed by atoms with E-state index in [2.05, 4.69) is 4.18 Å². The van der Waals surface area contributed by atoms with Gasteiger partial charge in [0, 0.05) is 0 Å². The molecule has 0 fully saturated rings. The van der Waals surface area contributed by atoms with Crippen LogP contribution in [0.15, 0.2) is 0 Å². The smallest absolute Gasteiger partial charge is 0.254 e. The molecular formula is C6H9F5O3S. The highest BCUT2D eigenvalue weighted by Gasteiger charge is 2.50. The highest BCUT2D eigenvalue weighted by molar-refractivity contribution is 7.87. The Morgan fingerprint density at radius 1 is 1.13 bits per heavy atom. The fraction of sp³-hybridized carbons (Fsp3) is 1.00. The standard InChI is InChI=1S/C6H9F5O3S/c1-3(2)4(5(7)8)14-15(12,13)6(9,10)11/h3-5H,1-2H3. The predicted octanol–water partition coefficient (Wildman–Crippen LogP) is 2.14. The summed E-state index contributed by atoms with van der Waals surface area (Å²) in [6.45, 7) is 2.26. The van der Waals surface area contributed by atoms with Crippen molar-refractivity contribution < 1.29 is 34.6 Å². The molecule has 92 valence electrons. The molecule has 0 aliphatic rings. The number of hydrogen-bond donors (Lipinski definition) is 0. The lowest BCUT2D eigenvalue weighted by Crippen LogP contribution is -2.36. The van der Waals surface area contributed by atoms with Crippen LogP contribution in [0.25, 0.3) is 0 Å². The van der Waals surface area contributed by atoms with E-state index in [1.807, 2.05) is 0 Å². The number of alkyl halides is 5. The molecule has 0 aliphatic heterocycles. The Kier molecular flexibility index (Phi) is 4.47. The quantitative estimate of drug-likeness (QED) is 0.439. The minimum Gasteiger partial charge on any atom is -0.254 e. The first kappa shape index (κ1) is 14.6. The van der Waals surface area contributed by atoms with E-state index in [-0.39, 0.29) is 0 Å². The normalized spacial score (nSPS) is 16.1. The van der Waals surface area contributed by atoms with Crippen LogP contribution in [0.3, 0.4) is 0 Å². The van der Waals surface area contributed by atoms with Crippen LogP contribution in [0, 0.1) is 5.92 Å². The third kappa shape index (κ3) is 3.90. The molecule has 0 N–H and O–H groups in total. The van der Waals surface area contributed by atoms with Gasteiger partial charge in [0.1, 0.15) is 6.10 Å². The van der Waals surface area contributed by atoms with Crippen LogP contribution in [0.1, 0.15) is 13.8 Å². The molecule has 0 bridgehead atoms. The number of rotatable bonds is 4. The van der Waals surface area contributed by atoms with Crippen LogP contribution in [0.4, 0.5) is 22.0 Å². The fourth-order valence-corrected chi connectivity index (χ4v) is 1.35. The molecule has 0 aromatic carbocycles. The van der Waals surface area contributed by atoms with Gasteiger partial charge in [-0.15, -0.1) is 0 Å². The van der Waals surface area contributed by atoms with Crippen molar-refractivity contribution >= 4 is 10.1 Å². The first-order valence-electron chi connectivity index (χ1n) is 3.76. The third-order valence-corrected chi connectivity index (χ3v) is 2.47. The van der Waals surface area contributed by atoms with E-state index in [0.29, 0.717) is 0 Å². The number of hydrogen-bond acceptors (Lipinski definition) is 3. The maximum atomic E-state index is 12.1. The van der Waals surface area contributed by atoms with Gasteiger partial charge in [-0.25, -0.2) is 8.78 Å². The zero-order valence-electron chi connectivity index (χ0n) is 7.75. The summed E-state index contributed by atoms with van der Waals surface area (Å²) in [5, 5.41) is 0. The minimum atomic E-state index is -5.97. The summed E-state index contributed by atoms with van der Waals surface area (Å²) in [6.07, 6.45) is -5.60. The van der Waals surface area contributed by atoms with E-state index in [1.165, 1.54) is 0 Å². The molecule has 0 radical (unpaired) electrons.